The van der Waals surface area contributed by atoms with Gasteiger partial charge in [-0.3, -0.25) is 14.7 Å². The van der Waals surface area contributed by atoms with Gasteiger partial charge in [-0.2, -0.15) is 0 Å². The van der Waals surface area contributed by atoms with Gasteiger partial charge in [-0.25, -0.2) is 0 Å². The number of likely N-dealkylation sites (N-methyl/N-ethyl adjacent to an activating group) is 1. The van der Waals surface area contributed by atoms with Crippen molar-refractivity contribution in [1.29, 1.82) is 0 Å². The summed E-state index contributed by atoms with van der Waals surface area (Å²) in [6, 6.07) is 7.69. The molecule has 164 valence electrons. The zero-order valence-corrected chi connectivity index (χ0v) is 19.8. The average Bonchev–Trinajstić information content (AvgIpc) is 2.73. The Hall–Kier alpha value is -1.59. The molecule has 1 fully saturated rings. The van der Waals surface area contributed by atoms with Gasteiger partial charge < -0.3 is 25.8 Å². The van der Waals surface area contributed by atoms with E-state index < -0.39 is 6.10 Å². The van der Waals surface area contributed by atoms with Gasteiger partial charge in [-0.15, -0.1) is 24.0 Å². The van der Waals surface area contributed by atoms with Crippen molar-refractivity contribution in [2.75, 3.05) is 46.9 Å². The first-order valence-corrected chi connectivity index (χ1v) is 9.85. The van der Waals surface area contributed by atoms with Gasteiger partial charge in [-0.05, 0) is 37.5 Å². The number of aliphatic imine (C=N–C) groups is 1. The molecule has 29 heavy (non-hydrogen) atoms. The molecular formula is C20H34IN5O3. The molecule has 1 amide bonds. The molecule has 1 atom stereocenters. The lowest BCUT2D eigenvalue weighted by atomic mass is 10.1. The van der Waals surface area contributed by atoms with E-state index in [1.807, 2.05) is 31.2 Å². The van der Waals surface area contributed by atoms with Crippen molar-refractivity contribution in [2.24, 2.45) is 4.99 Å². The van der Waals surface area contributed by atoms with E-state index in [0.717, 1.165) is 38.0 Å². The van der Waals surface area contributed by atoms with Crippen LogP contribution in [0.3, 0.4) is 0 Å². The fraction of sp³-hybridized carbons (Fsp3) is 0.600. The number of piperidine rings is 1. The summed E-state index contributed by atoms with van der Waals surface area (Å²) in [4.78, 5) is 18.2. The summed E-state index contributed by atoms with van der Waals surface area (Å²) in [6.07, 6.45) is 1.19. The number of aliphatic hydroxyl groups excluding tert-OH is 1. The number of rotatable bonds is 8. The summed E-state index contributed by atoms with van der Waals surface area (Å²) in [7, 11) is 3.27. The van der Waals surface area contributed by atoms with Crippen molar-refractivity contribution in [3.63, 3.8) is 0 Å². The zero-order valence-electron chi connectivity index (χ0n) is 17.5. The SMILES string of the molecule is CCNC(=NCC(O)c1cccc(OC)c1)NC1CCN(CC(=O)NC)CC1.I. The number of halogens is 1. The number of hydrogen-bond donors (Lipinski definition) is 4. The van der Waals surface area contributed by atoms with Crippen LogP contribution >= 0.6 is 24.0 Å². The summed E-state index contributed by atoms with van der Waals surface area (Å²) < 4.78 is 5.21. The summed E-state index contributed by atoms with van der Waals surface area (Å²) in [5.74, 6) is 1.47. The van der Waals surface area contributed by atoms with Crippen LogP contribution in [0.4, 0.5) is 0 Å². The van der Waals surface area contributed by atoms with Crippen LogP contribution in [0.25, 0.3) is 0 Å². The number of carbonyl (C=O) groups excluding carboxylic acids is 1. The zero-order chi connectivity index (χ0) is 20.4. The number of hydrogen-bond acceptors (Lipinski definition) is 5. The second kappa shape index (κ2) is 13.6. The highest BCUT2D eigenvalue weighted by Gasteiger charge is 2.21. The van der Waals surface area contributed by atoms with Crippen LogP contribution in [-0.2, 0) is 4.79 Å². The average molecular weight is 519 g/mol. The molecule has 0 aromatic heterocycles. The van der Waals surface area contributed by atoms with E-state index >= 15 is 0 Å². The number of nitrogens with zero attached hydrogens (tertiary/aromatic N) is 2. The summed E-state index contributed by atoms with van der Waals surface area (Å²) in [5.41, 5.74) is 0.779. The molecule has 0 bridgehead atoms. The highest BCUT2D eigenvalue weighted by molar-refractivity contribution is 14.0. The van der Waals surface area contributed by atoms with Crippen molar-refractivity contribution in [2.45, 2.75) is 31.9 Å². The molecule has 1 saturated heterocycles. The Morgan fingerprint density at radius 2 is 2.10 bits per heavy atom. The summed E-state index contributed by atoms with van der Waals surface area (Å²) in [6.45, 7) is 5.22. The third-order valence-electron chi connectivity index (χ3n) is 4.82. The van der Waals surface area contributed by atoms with E-state index in [0.29, 0.717) is 24.3 Å². The number of methoxy groups -OCH3 is 1. The third kappa shape index (κ3) is 8.75. The number of carbonyl (C=O) groups is 1. The predicted molar refractivity (Wildman–Crippen MR) is 126 cm³/mol. The lowest BCUT2D eigenvalue weighted by molar-refractivity contribution is -0.122. The minimum absolute atomic E-state index is 0. The molecule has 1 heterocycles. The van der Waals surface area contributed by atoms with E-state index in [-0.39, 0.29) is 36.4 Å². The van der Waals surface area contributed by atoms with E-state index in [2.05, 4.69) is 25.8 Å². The van der Waals surface area contributed by atoms with Crippen LogP contribution < -0.4 is 20.7 Å². The van der Waals surface area contributed by atoms with Crippen LogP contribution in [0.1, 0.15) is 31.4 Å². The molecule has 9 heteroatoms. The van der Waals surface area contributed by atoms with E-state index in [1.165, 1.54) is 0 Å². The summed E-state index contributed by atoms with van der Waals surface area (Å²) >= 11 is 0. The number of benzene rings is 1. The minimum atomic E-state index is -0.694. The van der Waals surface area contributed by atoms with Crippen molar-refractivity contribution in [3.8, 4) is 5.75 Å². The molecule has 4 N–H and O–H groups in total. The molecule has 0 radical (unpaired) electrons. The second-order valence-corrected chi connectivity index (χ2v) is 6.88. The molecule has 8 nitrogen and oxygen atoms in total. The lowest BCUT2D eigenvalue weighted by Gasteiger charge is -2.32. The Labute approximate surface area is 190 Å². The minimum Gasteiger partial charge on any atom is -0.497 e. The van der Waals surface area contributed by atoms with Crippen LogP contribution in [0.2, 0.25) is 0 Å². The Kier molecular flexibility index (Phi) is 11.9. The molecule has 1 aromatic carbocycles. The number of likely N-dealkylation sites (tertiary alicyclic amines) is 1. The molecule has 0 spiro atoms. The van der Waals surface area contributed by atoms with Crippen molar-refractivity contribution in [3.05, 3.63) is 29.8 Å². The van der Waals surface area contributed by atoms with Crippen LogP contribution in [0.5, 0.6) is 5.75 Å². The number of guanidine groups is 1. The number of amides is 1. The Morgan fingerprint density at radius 3 is 2.72 bits per heavy atom. The number of aliphatic hydroxyl groups is 1. The third-order valence-corrected chi connectivity index (χ3v) is 4.82. The fourth-order valence-corrected chi connectivity index (χ4v) is 3.16. The molecule has 1 aromatic rings. The number of ether oxygens (including phenoxy) is 1. The maximum atomic E-state index is 11.5. The number of nitrogens with one attached hydrogen (secondary N) is 3. The smallest absolute Gasteiger partial charge is 0.233 e. The first-order chi connectivity index (χ1) is 13.5. The van der Waals surface area contributed by atoms with Gasteiger partial charge in [-0.1, -0.05) is 12.1 Å². The van der Waals surface area contributed by atoms with Crippen LogP contribution in [0, 0.1) is 0 Å². The van der Waals surface area contributed by atoms with Gasteiger partial charge in [0.1, 0.15) is 5.75 Å². The normalized spacial score (nSPS) is 16.5. The Morgan fingerprint density at radius 1 is 1.38 bits per heavy atom. The monoisotopic (exact) mass is 519 g/mol. The first-order valence-electron chi connectivity index (χ1n) is 9.85. The second-order valence-electron chi connectivity index (χ2n) is 6.88. The largest absolute Gasteiger partial charge is 0.497 e. The maximum Gasteiger partial charge on any atom is 0.233 e. The van der Waals surface area contributed by atoms with Crippen LogP contribution in [0.15, 0.2) is 29.3 Å². The maximum absolute atomic E-state index is 11.5. The molecule has 1 unspecified atom stereocenters. The van der Waals surface area contributed by atoms with Gasteiger partial charge in [0.05, 0.1) is 26.3 Å². The Balaban J connectivity index is 0.00000420. The van der Waals surface area contributed by atoms with E-state index in [4.69, 9.17) is 4.74 Å². The first kappa shape index (κ1) is 25.4. The Bertz CT molecular complexity index is 651. The van der Waals surface area contributed by atoms with Gasteiger partial charge in [0.15, 0.2) is 5.96 Å². The molecule has 2 rings (SSSR count). The predicted octanol–water partition coefficient (Wildman–Crippen LogP) is 1.11. The van der Waals surface area contributed by atoms with E-state index in [9.17, 15) is 9.90 Å². The summed E-state index contributed by atoms with van der Waals surface area (Å²) in [5, 5.41) is 19.8. The van der Waals surface area contributed by atoms with Crippen molar-refractivity contribution < 1.29 is 14.6 Å². The quantitative estimate of drug-likeness (QED) is 0.234. The van der Waals surface area contributed by atoms with Gasteiger partial charge in [0, 0.05) is 32.7 Å². The molecule has 1 aliphatic heterocycles. The molecule has 0 aliphatic carbocycles. The topological polar surface area (TPSA) is 98.2 Å². The van der Waals surface area contributed by atoms with Gasteiger partial charge in [0.25, 0.3) is 0 Å². The highest BCUT2D eigenvalue weighted by atomic mass is 127. The van der Waals surface area contributed by atoms with E-state index in [1.54, 1.807) is 14.2 Å². The van der Waals surface area contributed by atoms with Crippen LogP contribution in [-0.4, -0.2) is 74.8 Å². The standard InChI is InChI=1S/C20H33N5O3.HI/c1-4-22-20(23-13-18(26)15-6-5-7-17(12-15)28-3)24-16-8-10-25(11-9-16)14-19(27)21-2;/h5-7,12,16,18,26H,4,8-11,13-14H2,1-3H3,(H,21,27)(H2,22,23,24);1H. The molecule has 1 aliphatic rings. The molecule has 0 saturated carbocycles. The van der Waals surface area contributed by atoms with Crippen molar-refractivity contribution in [1.82, 2.24) is 20.9 Å². The van der Waals surface area contributed by atoms with Crippen molar-refractivity contribution >= 4 is 35.8 Å². The lowest BCUT2D eigenvalue weighted by Crippen LogP contribution is -2.50. The van der Waals surface area contributed by atoms with Gasteiger partial charge >= 0.3 is 0 Å². The molecular weight excluding hydrogens is 485 g/mol. The highest BCUT2D eigenvalue weighted by Crippen LogP contribution is 2.19. The fourth-order valence-electron chi connectivity index (χ4n) is 3.16. The van der Waals surface area contributed by atoms with Gasteiger partial charge in [0.2, 0.25) is 5.91 Å².